The van der Waals surface area contributed by atoms with Gasteiger partial charge in [0.15, 0.2) is 5.75 Å². The van der Waals surface area contributed by atoms with Crippen LogP contribution in [0.1, 0.15) is 13.3 Å². The zero-order chi connectivity index (χ0) is 15.2. The molecule has 1 aromatic heterocycles. The minimum absolute atomic E-state index is 0.0495. The molecule has 0 radical (unpaired) electrons. The summed E-state index contributed by atoms with van der Waals surface area (Å²) in [5.74, 6) is 1.28. The van der Waals surface area contributed by atoms with Gasteiger partial charge in [-0.05, 0) is 28.4 Å². The highest BCUT2D eigenvalue weighted by Crippen LogP contribution is 2.32. The van der Waals surface area contributed by atoms with Crippen molar-refractivity contribution in [1.82, 2.24) is 9.97 Å². The summed E-state index contributed by atoms with van der Waals surface area (Å²) in [6.07, 6.45) is 2.34. The second-order valence-electron chi connectivity index (χ2n) is 4.14. The molecule has 0 fully saturated rings. The maximum Gasteiger partial charge on any atom is 0.273 e. The number of non-ortho nitro benzene ring substituents is 1. The van der Waals surface area contributed by atoms with E-state index in [0.717, 1.165) is 13.0 Å². The first kappa shape index (κ1) is 15.2. The van der Waals surface area contributed by atoms with Gasteiger partial charge in [0.25, 0.3) is 5.69 Å². The fourth-order valence-electron chi connectivity index (χ4n) is 1.54. The van der Waals surface area contributed by atoms with E-state index in [1.165, 1.54) is 18.5 Å². The molecule has 2 rings (SSSR count). The number of nitrogens with zero attached hydrogens (tertiary/aromatic N) is 3. The lowest BCUT2D eigenvalue weighted by molar-refractivity contribution is -0.384. The van der Waals surface area contributed by atoms with Crippen LogP contribution in [0.2, 0.25) is 0 Å². The van der Waals surface area contributed by atoms with Crippen molar-refractivity contribution >= 4 is 27.4 Å². The minimum atomic E-state index is -0.479. The fraction of sp³-hybridized carbons (Fsp3) is 0.231. The number of aromatic nitrogens is 2. The van der Waals surface area contributed by atoms with Crippen LogP contribution in [0.3, 0.4) is 0 Å². The number of benzene rings is 1. The quantitative estimate of drug-likeness (QED) is 0.628. The number of nitro groups is 1. The lowest BCUT2D eigenvalue weighted by Gasteiger charge is -2.08. The Morgan fingerprint density at radius 3 is 2.90 bits per heavy atom. The average Bonchev–Trinajstić information content (AvgIpc) is 2.47. The van der Waals surface area contributed by atoms with Gasteiger partial charge >= 0.3 is 0 Å². The Balaban J connectivity index is 2.21. The smallest absolute Gasteiger partial charge is 0.273 e. The van der Waals surface area contributed by atoms with Crippen molar-refractivity contribution in [2.75, 3.05) is 11.9 Å². The van der Waals surface area contributed by atoms with E-state index < -0.39 is 4.92 Å². The van der Waals surface area contributed by atoms with Gasteiger partial charge in [-0.15, -0.1) is 0 Å². The summed E-state index contributed by atoms with van der Waals surface area (Å²) < 4.78 is 6.18. The summed E-state index contributed by atoms with van der Waals surface area (Å²) in [4.78, 5) is 18.4. The molecule has 0 unspecified atom stereocenters. The first-order valence-electron chi connectivity index (χ1n) is 6.28. The van der Waals surface area contributed by atoms with Crippen LogP contribution in [0.5, 0.6) is 11.6 Å². The molecule has 21 heavy (non-hydrogen) atoms. The molecule has 1 aromatic carbocycles. The molecule has 0 spiro atoms. The molecular formula is C13H13BrN4O3. The molecule has 1 heterocycles. The van der Waals surface area contributed by atoms with Gasteiger partial charge in [-0.3, -0.25) is 10.1 Å². The van der Waals surface area contributed by atoms with Crippen LogP contribution in [-0.2, 0) is 0 Å². The topological polar surface area (TPSA) is 90.2 Å². The van der Waals surface area contributed by atoms with E-state index in [0.29, 0.717) is 21.9 Å². The summed E-state index contributed by atoms with van der Waals surface area (Å²) in [5.41, 5.74) is -0.0495. The molecule has 0 atom stereocenters. The van der Waals surface area contributed by atoms with Crippen molar-refractivity contribution in [2.45, 2.75) is 13.3 Å². The summed E-state index contributed by atoms with van der Waals surface area (Å²) in [6, 6.07) is 5.93. The zero-order valence-corrected chi connectivity index (χ0v) is 12.8. The van der Waals surface area contributed by atoms with Gasteiger partial charge in [-0.1, -0.05) is 6.92 Å². The first-order valence-corrected chi connectivity index (χ1v) is 7.07. The van der Waals surface area contributed by atoms with Gasteiger partial charge in [0, 0.05) is 18.7 Å². The normalized spacial score (nSPS) is 10.2. The molecule has 8 heteroatoms. The van der Waals surface area contributed by atoms with Crippen molar-refractivity contribution in [1.29, 1.82) is 0 Å². The standard InChI is InChI=1S/C13H13BrN4O3/c1-2-5-15-12-7-13(17-8-16-12)21-11-6-9(18(19)20)3-4-10(11)14/h3-4,6-8H,2,5H2,1H3,(H,15,16,17). The highest BCUT2D eigenvalue weighted by Gasteiger charge is 2.12. The van der Waals surface area contributed by atoms with Crippen LogP contribution < -0.4 is 10.1 Å². The van der Waals surface area contributed by atoms with Crippen molar-refractivity contribution in [3.63, 3.8) is 0 Å². The van der Waals surface area contributed by atoms with Gasteiger partial charge in [-0.25, -0.2) is 9.97 Å². The predicted molar refractivity (Wildman–Crippen MR) is 81.7 cm³/mol. The molecule has 0 bridgehead atoms. The van der Waals surface area contributed by atoms with Gasteiger partial charge < -0.3 is 10.1 Å². The van der Waals surface area contributed by atoms with Gasteiger partial charge in [-0.2, -0.15) is 0 Å². The third kappa shape index (κ3) is 4.12. The summed E-state index contributed by atoms with van der Waals surface area (Å²) in [7, 11) is 0. The molecule has 0 aliphatic carbocycles. The maximum absolute atomic E-state index is 10.8. The number of nitrogens with one attached hydrogen (secondary N) is 1. The number of anilines is 1. The largest absolute Gasteiger partial charge is 0.437 e. The molecule has 110 valence electrons. The van der Waals surface area contributed by atoms with E-state index in [1.54, 1.807) is 12.1 Å². The molecule has 0 saturated heterocycles. The predicted octanol–water partition coefficient (Wildman–Crippen LogP) is 3.76. The Hall–Kier alpha value is -2.22. The second kappa shape index (κ2) is 6.98. The van der Waals surface area contributed by atoms with Crippen LogP contribution in [0.15, 0.2) is 35.1 Å². The van der Waals surface area contributed by atoms with E-state index in [4.69, 9.17) is 4.74 Å². The molecular weight excluding hydrogens is 340 g/mol. The molecule has 0 aliphatic rings. The van der Waals surface area contributed by atoms with Crippen molar-refractivity contribution in [3.05, 3.63) is 45.2 Å². The van der Waals surface area contributed by atoms with Gasteiger partial charge in [0.1, 0.15) is 12.1 Å². The van der Waals surface area contributed by atoms with Gasteiger partial charge in [0.05, 0.1) is 15.5 Å². The average molecular weight is 353 g/mol. The van der Waals surface area contributed by atoms with Crippen molar-refractivity contribution in [2.24, 2.45) is 0 Å². The highest BCUT2D eigenvalue weighted by atomic mass is 79.9. The number of halogens is 1. The Labute approximate surface area is 129 Å². The summed E-state index contributed by atoms with van der Waals surface area (Å²) in [5, 5.41) is 13.9. The highest BCUT2D eigenvalue weighted by molar-refractivity contribution is 9.10. The molecule has 0 amide bonds. The fourth-order valence-corrected chi connectivity index (χ4v) is 1.87. The number of hydrogen-bond donors (Lipinski definition) is 1. The molecule has 0 saturated carbocycles. The zero-order valence-electron chi connectivity index (χ0n) is 11.2. The Kier molecular flexibility index (Phi) is 5.04. The molecule has 0 aliphatic heterocycles. The van der Waals surface area contributed by atoms with Crippen LogP contribution in [0, 0.1) is 10.1 Å². The van der Waals surface area contributed by atoms with Gasteiger partial charge in [0.2, 0.25) is 5.88 Å². The van der Waals surface area contributed by atoms with E-state index in [2.05, 4.69) is 31.2 Å². The Morgan fingerprint density at radius 1 is 1.38 bits per heavy atom. The molecule has 2 aromatic rings. The Bertz CT molecular complexity index is 651. The molecule has 1 N–H and O–H groups in total. The van der Waals surface area contributed by atoms with Crippen LogP contribution >= 0.6 is 15.9 Å². The molecule has 7 nitrogen and oxygen atoms in total. The van der Waals surface area contributed by atoms with Crippen molar-refractivity contribution < 1.29 is 9.66 Å². The number of hydrogen-bond acceptors (Lipinski definition) is 6. The van der Waals surface area contributed by atoms with E-state index in [-0.39, 0.29) is 5.69 Å². The van der Waals surface area contributed by atoms with Crippen LogP contribution in [-0.4, -0.2) is 21.4 Å². The van der Waals surface area contributed by atoms with Crippen LogP contribution in [0.4, 0.5) is 11.5 Å². The third-order valence-electron chi connectivity index (χ3n) is 2.54. The lowest BCUT2D eigenvalue weighted by atomic mass is 10.3. The van der Waals surface area contributed by atoms with Crippen LogP contribution in [0.25, 0.3) is 0 Å². The maximum atomic E-state index is 10.8. The summed E-state index contributed by atoms with van der Waals surface area (Å²) >= 11 is 3.29. The lowest BCUT2D eigenvalue weighted by Crippen LogP contribution is -2.02. The summed E-state index contributed by atoms with van der Waals surface area (Å²) in [6.45, 7) is 2.84. The number of ether oxygens (including phenoxy) is 1. The monoisotopic (exact) mass is 352 g/mol. The number of rotatable bonds is 6. The van der Waals surface area contributed by atoms with E-state index in [1.807, 2.05) is 6.92 Å². The van der Waals surface area contributed by atoms with E-state index >= 15 is 0 Å². The van der Waals surface area contributed by atoms with Crippen molar-refractivity contribution in [3.8, 4) is 11.6 Å². The second-order valence-corrected chi connectivity index (χ2v) is 5.00. The SMILES string of the molecule is CCCNc1cc(Oc2cc([N+](=O)[O-])ccc2Br)ncn1. The first-order chi connectivity index (χ1) is 10.1. The minimum Gasteiger partial charge on any atom is -0.437 e. The number of nitro benzene ring substituents is 1. The third-order valence-corrected chi connectivity index (χ3v) is 3.19. The Morgan fingerprint density at radius 2 is 2.19 bits per heavy atom. The van der Waals surface area contributed by atoms with E-state index in [9.17, 15) is 10.1 Å².